The molecule has 0 aromatic heterocycles. The van der Waals surface area contributed by atoms with Crippen LogP contribution in [0.4, 0.5) is 0 Å². The predicted molar refractivity (Wildman–Crippen MR) is 87.4 cm³/mol. The second kappa shape index (κ2) is 7.45. The van der Waals surface area contributed by atoms with E-state index in [2.05, 4.69) is 0 Å². The monoisotopic (exact) mass is 382 g/mol. The third-order valence-corrected chi connectivity index (χ3v) is 7.82. The SMILES string of the molecule is COCCS(=O)(=O)N1CCN(S(=O)(=O)c2ccccc2Cl)CC1. The maximum absolute atomic E-state index is 12.6. The molecular weight excluding hydrogens is 364 g/mol. The lowest BCUT2D eigenvalue weighted by atomic mass is 10.4. The largest absolute Gasteiger partial charge is 0.384 e. The van der Waals surface area contributed by atoms with Crippen LogP contribution in [0.25, 0.3) is 0 Å². The van der Waals surface area contributed by atoms with Gasteiger partial charge in [-0.15, -0.1) is 0 Å². The third-order valence-electron chi connectivity index (χ3n) is 3.59. The average Bonchev–Trinajstić information content (AvgIpc) is 2.53. The van der Waals surface area contributed by atoms with Crippen LogP contribution in [0.1, 0.15) is 0 Å². The molecule has 0 atom stereocenters. The zero-order valence-electron chi connectivity index (χ0n) is 12.7. The molecule has 0 radical (unpaired) electrons. The Kier molecular flexibility index (Phi) is 6.04. The molecule has 7 nitrogen and oxygen atoms in total. The van der Waals surface area contributed by atoms with Crippen LogP contribution in [0.15, 0.2) is 29.2 Å². The minimum atomic E-state index is -3.72. The zero-order chi connectivity index (χ0) is 17.1. The standard InChI is InChI=1S/C13H19ClN2O5S2/c1-21-10-11-22(17,18)15-6-8-16(9-7-15)23(19,20)13-5-3-2-4-12(13)14/h2-5H,6-11H2,1H3. The van der Waals surface area contributed by atoms with Crippen molar-refractivity contribution in [3.8, 4) is 0 Å². The molecule has 0 unspecified atom stereocenters. The minimum Gasteiger partial charge on any atom is -0.384 e. The summed E-state index contributed by atoms with van der Waals surface area (Å²) in [6.07, 6.45) is 0. The number of rotatable bonds is 6. The predicted octanol–water partition coefficient (Wildman–Crippen LogP) is 0.623. The van der Waals surface area contributed by atoms with Crippen molar-refractivity contribution < 1.29 is 21.6 Å². The first-order valence-corrected chi connectivity index (χ1v) is 10.4. The fourth-order valence-electron chi connectivity index (χ4n) is 2.30. The molecule has 2 rings (SSSR count). The van der Waals surface area contributed by atoms with Gasteiger partial charge in [0.2, 0.25) is 20.0 Å². The summed E-state index contributed by atoms with van der Waals surface area (Å²) in [6.45, 7) is 0.547. The van der Waals surface area contributed by atoms with Crippen LogP contribution < -0.4 is 0 Å². The van der Waals surface area contributed by atoms with Gasteiger partial charge in [0.05, 0.1) is 17.4 Å². The Labute approximate surface area is 141 Å². The van der Waals surface area contributed by atoms with Gasteiger partial charge in [0.1, 0.15) is 4.90 Å². The van der Waals surface area contributed by atoms with Crippen molar-refractivity contribution in [2.24, 2.45) is 0 Å². The second-order valence-corrected chi connectivity index (χ2v) is 9.44. The van der Waals surface area contributed by atoms with Crippen molar-refractivity contribution in [3.63, 3.8) is 0 Å². The Balaban J connectivity index is 2.09. The fraction of sp³-hybridized carbons (Fsp3) is 0.538. The quantitative estimate of drug-likeness (QED) is 0.720. The van der Waals surface area contributed by atoms with Crippen molar-refractivity contribution >= 4 is 31.6 Å². The summed E-state index contributed by atoms with van der Waals surface area (Å²) >= 11 is 5.96. The van der Waals surface area contributed by atoms with Gasteiger partial charge in [0.25, 0.3) is 0 Å². The van der Waals surface area contributed by atoms with E-state index in [1.807, 2.05) is 0 Å². The number of hydrogen-bond donors (Lipinski definition) is 0. The van der Waals surface area contributed by atoms with E-state index in [4.69, 9.17) is 16.3 Å². The molecule has 1 aromatic carbocycles. The van der Waals surface area contributed by atoms with Gasteiger partial charge in [0, 0.05) is 33.3 Å². The maximum Gasteiger partial charge on any atom is 0.244 e. The molecule has 1 fully saturated rings. The summed E-state index contributed by atoms with van der Waals surface area (Å²) in [5.41, 5.74) is 0. The van der Waals surface area contributed by atoms with Crippen LogP contribution in [0.3, 0.4) is 0 Å². The molecule has 0 saturated carbocycles. The van der Waals surface area contributed by atoms with Gasteiger partial charge < -0.3 is 4.74 Å². The van der Waals surface area contributed by atoms with Crippen LogP contribution in [-0.2, 0) is 24.8 Å². The van der Waals surface area contributed by atoms with Crippen LogP contribution in [0, 0.1) is 0 Å². The van der Waals surface area contributed by atoms with E-state index in [0.717, 1.165) is 0 Å². The molecule has 1 heterocycles. The minimum absolute atomic E-state index is 0.0392. The van der Waals surface area contributed by atoms with E-state index in [9.17, 15) is 16.8 Å². The van der Waals surface area contributed by atoms with Crippen molar-refractivity contribution in [2.45, 2.75) is 4.90 Å². The van der Waals surface area contributed by atoms with Gasteiger partial charge in [-0.25, -0.2) is 16.8 Å². The van der Waals surface area contributed by atoms with Crippen molar-refractivity contribution in [1.82, 2.24) is 8.61 Å². The first-order valence-electron chi connectivity index (χ1n) is 7.00. The lowest BCUT2D eigenvalue weighted by Crippen LogP contribution is -2.51. The molecule has 1 aliphatic rings. The van der Waals surface area contributed by atoms with Crippen LogP contribution in [0.5, 0.6) is 0 Å². The number of ether oxygens (including phenoxy) is 1. The molecule has 0 bridgehead atoms. The van der Waals surface area contributed by atoms with Crippen molar-refractivity contribution in [2.75, 3.05) is 45.6 Å². The molecule has 1 aliphatic heterocycles. The summed E-state index contributed by atoms with van der Waals surface area (Å²) < 4.78 is 56.7. The van der Waals surface area contributed by atoms with E-state index < -0.39 is 20.0 Å². The number of sulfonamides is 2. The molecule has 130 valence electrons. The average molecular weight is 383 g/mol. The summed E-state index contributed by atoms with van der Waals surface area (Å²) in [7, 11) is -5.72. The number of nitrogens with zero attached hydrogens (tertiary/aromatic N) is 2. The number of benzene rings is 1. The van der Waals surface area contributed by atoms with E-state index in [-0.39, 0.29) is 48.5 Å². The van der Waals surface area contributed by atoms with Crippen LogP contribution in [-0.4, -0.2) is 71.1 Å². The first-order chi connectivity index (χ1) is 10.8. The van der Waals surface area contributed by atoms with Crippen molar-refractivity contribution in [1.29, 1.82) is 0 Å². The highest BCUT2D eigenvalue weighted by atomic mass is 35.5. The Morgan fingerprint density at radius 3 is 2.17 bits per heavy atom. The van der Waals surface area contributed by atoms with E-state index in [1.165, 1.54) is 27.9 Å². The molecule has 1 aromatic rings. The van der Waals surface area contributed by atoms with Crippen LogP contribution >= 0.6 is 11.6 Å². The Morgan fingerprint density at radius 1 is 1.04 bits per heavy atom. The normalized spacial score (nSPS) is 18.2. The van der Waals surface area contributed by atoms with Gasteiger partial charge in [0.15, 0.2) is 0 Å². The fourth-order valence-corrected chi connectivity index (χ4v) is 5.57. The van der Waals surface area contributed by atoms with E-state index in [1.54, 1.807) is 12.1 Å². The third kappa shape index (κ3) is 4.23. The lowest BCUT2D eigenvalue weighted by Gasteiger charge is -2.33. The molecule has 1 saturated heterocycles. The zero-order valence-corrected chi connectivity index (χ0v) is 15.1. The molecular formula is C13H19ClN2O5S2. The highest BCUT2D eigenvalue weighted by molar-refractivity contribution is 7.89. The lowest BCUT2D eigenvalue weighted by molar-refractivity contribution is 0.213. The Hall–Kier alpha value is -0.710. The van der Waals surface area contributed by atoms with Gasteiger partial charge >= 0.3 is 0 Å². The number of piperazine rings is 1. The number of hydrogen-bond acceptors (Lipinski definition) is 5. The van der Waals surface area contributed by atoms with E-state index in [0.29, 0.717) is 0 Å². The molecule has 0 N–H and O–H groups in total. The molecule has 0 amide bonds. The van der Waals surface area contributed by atoms with Gasteiger partial charge in [-0.2, -0.15) is 8.61 Å². The Bertz CT molecular complexity index is 743. The summed E-state index contributed by atoms with van der Waals surface area (Å²) in [5, 5.41) is 0.155. The van der Waals surface area contributed by atoms with Gasteiger partial charge in [-0.1, -0.05) is 23.7 Å². The second-order valence-electron chi connectivity index (χ2n) is 5.04. The first kappa shape index (κ1) is 18.6. The smallest absolute Gasteiger partial charge is 0.244 e. The van der Waals surface area contributed by atoms with Crippen LogP contribution in [0.2, 0.25) is 5.02 Å². The highest BCUT2D eigenvalue weighted by Crippen LogP contribution is 2.25. The summed E-state index contributed by atoms with van der Waals surface area (Å²) in [6, 6.07) is 6.21. The molecule has 0 aliphatic carbocycles. The molecule has 10 heteroatoms. The van der Waals surface area contributed by atoms with Crippen molar-refractivity contribution in [3.05, 3.63) is 29.3 Å². The highest BCUT2D eigenvalue weighted by Gasteiger charge is 2.33. The molecule has 23 heavy (non-hydrogen) atoms. The topological polar surface area (TPSA) is 84.0 Å². The number of methoxy groups -OCH3 is 1. The summed E-state index contributed by atoms with van der Waals surface area (Å²) in [5.74, 6) is -0.110. The number of halogens is 1. The van der Waals surface area contributed by atoms with Gasteiger partial charge in [-0.3, -0.25) is 0 Å². The Morgan fingerprint density at radius 2 is 1.61 bits per heavy atom. The van der Waals surface area contributed by atoms with Gasteiger partial charge in [-0.05, 0) is 12.1 Å². The maximum atomic E-state index is 12.6. The summed E-state index contributed by atoms with van der Waals surface area (Å²) in [4.78, 5) is 0.0392. The van der Waals surface area contributed by atoms with E-state index >= 15 is 0 Å². The molecule has 0 spiro atoms.